The highest BCUT2D eigenvalue weighted by Gasteiger charge is 2.40. The summed E-state index contributed by atoms with van der Waals surface area (Å²) in [5, 5.41) is 0.129. The SMILES string of the molecule is Cc1ccc(S(=O)(=O)OC[C@H](C)[C@H]2C/C=C/C[C@H](C)[C@@H](O[Si](C)(C)C(C)(C)C)CCCC(=O)O2)cc1. The Bertz CT molecular complexity index is 978. The highest BCUT2D eigenvalue weighted by atomic mass is 32.2. The molecule has 0 N–H and O–H groups in total. The van der Waals surface area contributed by atoms with Gasteiger partial charge in [0.05, 0.1) is 11.5 Å². The molecule has 8 heteroatoms. The molecule has 4 atom stereocenters. The Kier molecular flexibility index (Phi) is 11.0. The largest absolute Gasteiger partial charge is 0.462 e. The number of allylic oxidation sites excluding steroid dienone is 1. The van der Waals surface area contributed by atoms with Crippen molar-refractivity contribution in [1.29, 1.82) is 0 Å². The second-order valence-corrected chi connectivity index (χ2v) is 18.2. The van der Waals surface area contributed by atoms with Crippen LogP contribution in [0.15, 0.2) is 41.3 Å². The number of aryl methyl sites for hydroxylation is 1. The summed E-state index contributed by atoms with van der Waals surface area (Å²) in [6.07, 6.45) is 7.05. The fourth-order valence-electron chi connectivity index (χ4n) is 3.86. The highest BCUT2D eigenvalue weighted by molar-refractivity contribution is 7.86. The number of cyclic esters (lactones) is 1. The maximum Gasteiger partial charge on any atom is 0.306 e. The van der Waals surface area contributed by atoms with E-state index < -0.39 is 24.5 Å². The van der Waals surface area contributed by atoms with Gasteiger partial charge >= 0.3 is 5.97 Å². The van der Waals surface area contributed by atoms with Gasteiger partial charge in [-0.2, -0.15) is 8.42 Å². The van der Waals surface area contributed by atoms with Crippen molar-refractivity contribution >= 4 is 24.4 Å². The molecule has 1 aliphatic rings. The Morgan fingerprint density at radius 3 is 2.33 bits per heavy atom. The first kappa shape index (κ1) is 30.7. The van der Waals surface area contributed by atoms with Crippen LogP contribution in [-0.2, 0) is 28.3 Å². The molecule has 204 valence electrons. The van der Waals surface area contributed by atoms with Gasteiger partial charge in [-0.15, -0.1) is 0 Å². The molecular weight excluding hydrogens is 492 g/mol. The molecule has 0 fully saturated rings. The van der Waals surface area contributed by atoms with Crippen LogP contribution in [0.1, 0.15) is 72.3 Å². The van der Waals surface area contributed by atoms with Crippen LogP contribution in [0.3, 0.4) is 0 Å². The van der Waals surface area contributed by atoms with E-state index in [9.17, 15) is 13.2 Å². The number of hydrogen-bond donors (Lipinski definition) is 0. The summed E-state index contributed by atoms with van der Waals surface area (Å²) in [4.78, 5) is 12.8. The first-order valence-corrected chi connectivity index (χ1v) is 17.4. The van der Waals surface area contributed by atoms with Crippen LogP contribution < -0.4 is 0 Å². The number of benzene rings is 1. The van der Waals surface area contributed by atoms with Crippen molar-refractivity contribution in [3.05, 3.63) is 42.0 Å². The van der Waals surface area contributed by atoms with Crippen molar-refractivity contribution in [1.82, 2.24) is 0 Å². The predicted molar refractivity (Wildman–Crippen MR) is 147 cm³/mol. The number of hydrogen-bond acceptors (Lipinski definition) is 6. The lowest BCUT2D eigenvalue weighted by Gasteiger charge is -2.41. The monoisotopic (exact) mass is 538 g/mol. The minimum Gasteiger partial charge on any atom is -0.462 e. The summed E-state index contributed by atoms with van der Waals surface area (Å²) in [6, 6.07) is 6.55. The standard InChI is InChI=1S/C28H46O6SSi/c1-21-16-18-24(19-17-21)35(30,31)32-20-23(3)25-13-10-9-12-22(2)26(14-11-15-27(29)33-25)34-36(7,8)28(4,5)6/h9-10,16-19,22-23,25-26H,11-15,20H2,1-8H3/b10-9+/t22-,23-,25+,26-/m0/s1. The molecule has 0 radical (unpaired) electrons. The van der Waals surface area contributed by atoms with Crippen molar-refractivity contribution in [2.45, 2.75) is 109 Å². The summed E-state index contributed by atoms with van der Waals surface area (Å²) < 4.78 is 43.0. The molecule has 1 aliphatic heterocycles. The smallest absolute Gasteiger partial charge is 0.306 e. The third-order valence-corrected chi connectivity index (χ3v) is 13.3. The van der Waals surface area contributed by atoms with Gasteiger partial charge < -0.3 is 9.16 Å². The van der Waals surface area contributed by atoms with Crippen LogP contribution in [0.5, 0.6) is 0 Å². The Balaban J connectivity index is 2.04. The lowest BCUT2D eigenvalue weighted by atomic mass is 9.95. The maximum absolute atomic E-state index is 12.7. The Morgan fingerprint density at radius 1 is 1.11 bits per heavy atom. The summed E-state index contributed by atoms with van der Waals surface area (Å²) in [5.74, 6) is -0.209. The topological polar surface area (TPSA) is 78.9 Å². The number of carbonyl (C=O) groups excluding carboxylic acids is 1. The lowest BCUT2D eigenvalue weighted by molar-refractivity contribution is -0.152. The van der Waals surface area contributed by atoms with Crippen LogP contribution in [-0.4, -0.2) is 41.5 Å². The average molecular weight is 539 g/mol. The summed E-state index contributed by atoms with van der Waals surface area (Å²) in [6.45, 7) is 17.2. The van der Waals surface area contributed by atoms with Gasteiger partial charge in [0.1, 0.15) is 6.10 Å². The predicted octanol–water partition coefficient (Wildman–Crippen LogP) is 6.80. The number of rotatable bonds is 7. The Labute approximate surface area is 220 Å². The zero-order valence-corrected chi connectivity index (χ0v) is 25.2. The molecule has 1 aromatic carbocycles. The number of esters is 1. The van der Waals surface area contributed by atoms with Crippen LogP contribution in [0.2, 0.25) is 18.1 Å². The van der Waals surface area contributed by atoms with Gasteiger partial charge in [-0.3, -0.25) is 8.98 Å². The summed E-state index contributed by atoms with van der Waals surface area (Å²) in [7, 11) is -5.80. The Morgan fingerprint density at radius 2 is 1.72 bits per heavy atom. The van der Waals surface area contributed by atoms with E-state index in [0.717, 1.165) is 18.4 Å². The average Bonchev–Trinajstić information content (AvgIpc) is 2.77. The van der Waals surface area contributed by atoms with E-state index in [-0.39, 0.29) is 34.5 Å². The number of carbonyl (C=O) groups is 1. The van der Waals surface area contributed by atoms with E-state index in [2.05, 4.69) is 46.9 Å². The van der Waals surface area contributed by atoms with Crippen LogP contribution in [0.4, 0.5) is 0 Å². The molecule has 0 amide bonds. The minimum atomic E-state index is -3.87. The number of ether oxygens (including phenoxy) is 1. The van der Waals surface area contributed by atoms with Crippen molar-refractivity contribution in [2.24, 2.45) is 11.8 Å². The molecule has 2 rings (SSSR count). The second-order valence-electron chi connectivity index (χ2n) is 11.8. The fraction of sp³-hybridized carbons (Fsp3) is 0.679. The summed E-state index contributed by atoms with van der Waals surface area (Å²) >= 11 is 0. The van der Waals surface area contributed by atoms with Crippen molar-refractivity contribution in [3.8, 4) is 0 Å². The molecule has 0 unspecified atom stereocenters. The van der Waals surface area contributed by atoms with Crippen molar-refractivity contribution in [3.63, 3.8) is 0 Å². The third kappa shape index (κ3) is 9.12. The zero-order chi connectivity index (χ0) is 27.1. The molecular formula is C28H46O6SSi. The van der Waals surface area contributed by atoms with E-state index in [0.29, 0.717) is 25.2 Å². The molecule has 1 heterocycles. The van der Waals surface area contributed by atoms with Crippen molar-refractivity contribution < 1.29 is 26.6 Å². The quantitative estimate of drug-likeness (QED) is 0.164. The lowest BCUT2D eigenvalue weighted by Crippen LogP contribution is -2.45. The molecule has 0 aliphatic carbocycles. The second kappa shape index (κ2) is 12.8. The van der Waals surface area contributed by atoms with E-state index in [1.54, 1.807) is 12.1 Å². The minimum absolute atomic E-state index is 0.0547. The maximum atomic E-state index is 12.7. The summed E-state index contributed by atoms with van der Waals surface area (Å²) in [5.41, 5.74) is 0.974. The van der Waals surface area contributed by atoms with E-state index >= 15 is 0 Å². The van der Waals surface area contributed by atoms with Gasteiger partial charge in [0, 0.05) is 24.9 Å². The van der Waals surface area contributed by atoms with Gasteiger partial charge in [-0.25, -0.2) is 0 Å². The molecule has 36 heavy (non-hydrogen) atoms. The molecule has 1 aromatic rings. The van der Waals surface area contributed by atoms with Crippen LogP contribution in [0.25, 0.3) is 0 Å². The van der Waals surface area contributed by atoms with Gasteiger partial charge in [-0.1, -0.05) is 64.5 Å². The zero-order valence-electron chi connectivity index (χ0n) is 23.4. The van der Waals surface area contributed by atoms with Crippen LogP contribution in [0, 0.1) is 18.8 Å². The van der Waals surface area contributed by atoms with Crippen molar-refractivity contribution in [2.75, 3.05) is 6.61 Å². The van der Waals surface area contributed by atoms with E-state index in [1.165, 1.54) is 12.1 Å². The van der Waals surface area contributed by atoms with Gasteiger partial charge in [-0.05, 0) is 62.4 Å². The molecule has 6 nitrogen and oxygen atoms in total. The molecule has 0 saturated carbocycles. The molecule has 0 aromatic heterocycles. The third-order valence-electron chi connectivity index (χ3n) is 7.51. The molecule has 0 bridgehead atoms. The van der Waals surface area contributed by atoms with E-state index in [4.69, 9.17) is 13.3 Å². The first-order chi connectivity index (χ1) is 16.6. The first-order valence-electron chi connectivity index (χ1n) is 13.1. The normalized spacial score (nSPS) is 24.8. The molecule has 0 spiro atoms. The highest BCUT2D eigenvalue weighted by Crippen LogP contribution is 2.39. The van der Waals surface area contributed by atoms with E-state index in [1.807, 2.05) is 19.9 Å². The van der Waals surface area contributed by atoms with Gasteiger partial charge in [0.2, 0.25) is 0 Å². The van der Waals surface area contributed by atoms with Gasteiger partial charge in [0.15, 0.2) is 8.32 Å². The van der Waals surface area contributed by atoms with Gasteiger partial charge in [0.25, 0.3) is 10.1 Å². The fourth-order valence-corrected chi connectivity index (χ4v) is 6.32. The van der Waals surface area contributed by atoms with Crippen LogP contribution >= 0.6 is 0 Å². The molecule has 0 saturated heterocycles. The Hall–Kier alpha value is -1.48.